The van der Waals surface area contributed by atoms with Crippen LogP contribution >= 0.6 is 0 Å². The van der Waals surface area contributed by atoms with Crippen LogP contribution in [0.4, 0.5) is 0 Å². The molecule has 0 bridgehead atoms. The van der Waals surface area contributed by atoms with Gasteiger partial charge < -0.3 is 15.0 Å². The molecular weight excluding hydrogens is 240 g/mol. The standard InChI is InChI=1S/C15H26N2O2/c1-19-10-11-5-7-17(8-6-11)15(18)14-13-4-2-3-12(13)9-16-14/h11-14,16H,2-10H2,1H3. The average Bonchev–Trinajstić information content (AvgIpc) is 3.01. The maximum atomic E-state index is 12.6. The molecule has 2 saturated heterocycles. The van der Waals surface area contributed by atoms with Crippen LogP contribution < -0.4 is 5.32 Å². The number of hydrogen-bond acceptors (Lipinski definition) is 3. The summed E-state index contributed by atoms with van der Waals surface area (Å²) in [6, 6.07) is 0.117. The normalized spacial score (nSPS) is 35.6. The quantitative estimate of drug-likeness (QED) is 0.836. The van der Waals surface area contributed by atoms with E-state index in [2.05, 4.69) is 10.2 Å². The molecule has 0 spiro atoms. The molecular formula is C15H26N2O2. The first kappa shape index (κ1) is 13.4. The molecule has 1 aliphatic carbocycles. The van der Waals surface area contributed by atoms with Crippen molar-refractivity contribution in [1.29, 1.82) is 0 Å². The van der Waals surface area contributed by atoms with Gasteiger partial charge in [-0.15, -0.1) is 0 Å². The van der Waals surface area contributed by atoms with E-state index in [1.807, 2.05) is 0 Å². The summed E-state index contributed by atoms with van der Waals surface area (Å²) in [7, 11) is 1.76. The van der Waals surface area contributed by atoms with Crippen molar-refractivity contribution in [2.24, 2.45) is 17.8 Å². The van der Waals surface area contributed by atoms with Crippen molar-refractivity contribution < 1.29 is 9.53 Å². The minimum Gasteiger partial charge on any atom is -0.384 e. The Kier molecular flexibility index (Phi) is 4.08. The van der Waals surface area contributed by atoms with Crippen molar-refractivity contribution in [1.82, 2.24) is 10.2 Å². The number of amides is 1. The molecule has 3 rings (SSSR count). The lowest BCUT2D eigenvalue weighted by atomic mass is 9.92. The highest BCUT2D eigenvalue weighted by Gasteiger charge is 2.44. The van der Waals surface area contributed by atoms with Crippen molar-refractivity contribution >= 4 is 5.91 Å². The Morgan fingerprint density at radius 3 is 2.79 bits per heavy atom. The van der Waals surface area contributed by atoms with Gasteiger partial charge in [-0.3, -0.25) is 4.79 Å². The number of fused-ring (bicyclic) bond motifs is 1. The zero-order chi connectivity index (χ0) is 13.2. The summed E-state index contributed by atoms with van der Waals surface area (Å²) in [4.78, 5) is 14.7. The van der Waals surface area contributed by atoms with E-state index >= 15 is 0 Å². The van der Waals surface area contributed by atoms with E-state index in [-0.39, 0.29) is 6.04 Å². The van der Waals surface area contributed by atoms with Gasteiger partial charge in [-0.05, 0) is 50.0 Å². The Bertz CT molecular complexity index is 326. The van der Waals surface area contributed by atoms with E-state index in [0.717, 1.165) is 45.0 Å². The summed E-state index contributed by atoms with van der Waals surface area (Å²) in [5.41, 5.74) is 0. The number of rotatable bonds is 3. The van der Waals surface area contributed by atoms with E-state index in [0.29, 0.717) is 17.7 Å². The Morgan fingerprint density at radius 2 is 2.05 bits per heavy atom. The molecule has 2 heterocycles. The van der Waals surface area contributed by atoms with Gasteiger partial charge in [-0.25, -0.2) is 0 Å². The van der Waals surface area contributed by atoms with Crippen molar-refractivity contribution in [2.45, 2.75) is 38.1 Å². The number of hydrogen-bond donors (Lipinski definition) is 1. The van der Waals surface area contributed by atoms with Gasteiger partial charge in [0.15, 0.2) is 0 Å². The highest BCUT2D eigenvalue weighted by Crippen LogP contribution is 2.38. The van der Waals surface area contributed by atoms with Crippen LogP contribution in [0.3, 0.4) is 0 Å². The van der Waals surface area contributed by atoms with Gasteiger partial charge in [-0.2, -0.15) is 0 Å². The lowest BCUT2D eigenvalue weighted by Crippen LogP contribution is -2.49. The van der Waals surface area contributed by atoms with Gasteiger partial charge in [0.2, 0.25) is 5.91 Å². The minimum atomic E-state index is 0.117. The lowest BCUT2D eigenvalue weighted by molar-refractivity contribution is -0.135. The van der Waals surface area contributed by atoms with Crippen LogP contribution in [0.5, 0.6) is 0 Å². The van der Waals surface area contributed by atoms with Crippen LogP contribution in [0.2, 0.25) is 0 Å². The number of methoxy groups -OCH3 is 1. The second kappa shape index (κ2) is 5.80. The van der Waals surface area contributed by atoms with Gasteiger partial charge in [-0.1, -0.05) is 6.42 Å². The predicted octanol–water partition coefficient (Wildman–Crippen LogP) is 1.26. The van der Waals surface area contributed by atoms with Crippen molar-refractivity contribution in [3.8, 4) is 0 Å². The van der Waals surface area contributed by atoms with Crippen LogP contribution in [-0.4, -0.2) is 50.2 Å². The maximum absolute atomic E-state index is 12.6. The van der Waals surface area contributed by atoms with Crippen LogP contribution in [0.1, 0.15) is 32.1 Å². The molecule has 0 aromatic carbocycles. The number of nitrogens with one attached hydrogen (secondary N) is 1. The monoisotopic (exact) mass is 266 g/mol. The van der Waals surface area contributed by atoms with Gasteiger partial charge in [0.05, 0.1) is 6.04 Å². The Morgan fingerprint density at radius 1 is 1.26 bits per heavy atom. The highest BCUT2D eigenvalue weighted by atomic mass is 16.5. The Hall–Kier alpha value is -0.610. The fourth-order valence-corrected chi connectivity index (χ4v) is 4.21. The third-order valence-corrected chi connectivity index (χ3v) is 5.34. The first-order valence-corrected chi connectivity index (χ1v) is 7.80. The molecule has 3 unspecified atom stereocenters. The molecule has 3 fully saturated rings. The van der Waals surface area contributed by atoms with Crippen LogP contribution in [0, 0.1) is 17.8 Å². The molecule has 0 aromatic heterocycles. The molecule has 4 heteroatoms. The molecule has 2 aliphatic heterocycles. The zero-order valence-corrected chi connectivity index (χ0v) is 11.9. The van der Waals surface area contributed by atoms with E-state index in [4.69, 9.17) is 4.74 Å². The van der Waals surface area contributed by atoms with Crippen LogP contribution in [-0.2, 0) is 9.53 Å². The number of ether oxygens (including phenoxy) is 1. The second-order valence-electron chi connectivity index (χ2n) is 6.46. The summed E-state index contributed by atoms with van der Waals surface area (Å²) in [5.74, 6) is 2.39. The number of piperidine rings is 1. The van der Waals surface area contributed by atoms with Crippen LogP contribution in [0.15, 0.2) is 0 Å². The minimum absolute atomic E-state index is 0.117. The SMILES string of the molecule is COCC1CCN(C(=O)C2NCC3CCCC32)CC1. The first-order chi connectivity index (χ1) is 9.29. The highest BCUT2D eigenvalue weighted by molar-refractivity contribution is 5.82. The molecule has 3 atom stereocenters. The fraction of sp³-hybridized carbons (Fsp3) is 0.933. The fourth-order valence-electron chi connectivity index (χ4n) is 4.21. The number of nitrogens with zero attached hydrogens (tertiary/aromatic N) is 1. The van der Waals surface area contributed by atoms with Crippen LogP contribution in [0.25, 0.3) is 0 Å². The molecule has 1 N–H and O–H groups in total. The van der Waals surface area contributed by atoms with Crippen molar-refractivity contribution in [3.63, 3.8) is 0 Å². The van der Waals surface area contributed by atoms with E-state index in [1.54, 1.807) is 7.11 Å². The molecule has 108 valence electrons. The van der Waals surface area contributed by atoms with E-state index < -0.39 is 0 Å². The summed E-state index contributed by atoms with van der Waals surface area (Å²) < 4.78 is 5.22. The molecule has 1 amide bonds. The lowest BCUT2D eigenvalue weighted by Gasteiger charge is -2.34. The van der Waals surface area contributed by atoms with Gasteiger partial charge in [0.1, 0.15) is 0 Å². The van der Waals surface area contributed by atoms with Gasteiger partial charge in [0, 0.05) is 26.8 Å². The first-order valence-electron chi connectivity index (χ1n) is 7.80. The summed E-state index contributed by atoms with van der Waals surface area (Å²) >= 11 is 0. The molecule has 1 saturated carbocycles. The Labute approximate surface area is 115 Å². The molecule has 4 nitrogen and oxygen atoms in total. The second-order valence-corrected chi connectivity index (χ2v) is 6.46. The van der Waals surface area contributed by atoms with Crippen molar-refractivity contribution in [2.75, 3.05) is 33.4 Å². The number of carbonyl (C=O) groups is 1. The van der Waals surface area contributed by atoms with Crippen molar-refractivity contribution in [3.05, 3.63) is 0 Å². The topological polar surface area (TPSA) is 41.6 Å². The molecule has 0 aromatic rings. The Balaban J connectivity index is 1.54. The number of carbonyl (C=O) groups excluding carboxylic acids is 1. The van der Waals surface area contributed by atoms with Gasteiger partial charge >= 0.3 is 0 Å². The average molecular weight is 266 g/mol. The molecule has 19 heavy (non-hydrogen) atoms. The maximum Gasteiger partial charge on any atom is 0.240 e. The smallest absolute Gasteiger partial charge is 0.240 e. The summed E-state index contributed by atoms with van der Waals surface area (Å²) in [6.07, 6.45) is 6.07. The third-order valence-electron chi connectivity index (χ3n) is 5.34. The third kappa shape index (κ3) is 2.65. The molecule has 0 radical (unpaired) electrons. The number of likely N-dealkylation sites (tertiary alicyclic amines) is 1. The summed E-state index contributed by atoms with van der Waals surface area (Å²) in [6.45, 7) is 3.74. The zero-order valence-electron chi connectivity index (χ0n) is 11.9. The predicted molar refractivity (Wildman–Crippen MR) is 73.8 cm³/mol. The van der Waals surface area contributed by atoms with E-state index in [1.165, 1.54) is 19.3 Å². The summed E-state index contributed by atoms with van der Waals surface area (Å²) in [5, 5.41) is 3.48. The largest absolute Gasteiger partial charge is 0.384 e. The van der Waals surface area contributed by atoms with Gasteiger partial charge in [0.25, 0.3) is 0 Å². The van der Waals surface area contributed by atoms with E-state index in [9.17, 15) is 4.79 Å². The molecule has 3 aliphatic rings.